The largest absolute Gasteiger partial charge is 0.444 e. The molecule has 2 atom stereocenters. The number of nitrogens with two attached hydrogens (primary N) is 1. The van der Waals surface area contributed by atoms with Gasteiger partial charge < -0.3 is 15.4 Å². The first kappa shape index (κ1) is 16.3. The molecule has 19 heavy (non-hydrogen) atoms. The maximum absolute atomic E-state index is 12.3. The molecular weight excluding hydrogens is 240 g/mol. The van der Waals surface area contributed by atoms with Crippen LogP contribution in [0.1, 0.15) is 53.9 Å². The summed E-state index contributed by atoms with van der Waals surface area (Å²) in [6, 6.07) is 0.290. The Morgan fingerprint density at radius 2 is 2.05 bits per heavy atom. The molecule has 0 aromatic rings. The summed E-state index contributed by atoms with van der Waals surface area (Å²) in [5.74, 6) is 1.01. The molecule has 1 aliphatic heterocycles. The fourth-order valence-electron chi connectivity index (χ4n) is 2.95. The zero-order valence-corrected chi connectivity index (χ0v) is 13.1. The van der Waals surface area contributed by atoms with Gasteiger partial charge in [-0.1, -0.05) is 13.8 Å². The van der Waals surface area contributed by atoms with Gasteiger partial charge in [-0.2, -0.15) is 0 Å². The summed E-state index contributed by atoms with van der Waals surface area (Å²) < 4.78 is 5.52. The lowest BCUT2D eigenvalue weighted by Crippen LogP contribution is -2.44. The molecule has 0 aliphatic carbocycles. The van der Waals surface area contributed by atoms with Gasteiger partial charge >= 0.3 is 6.09 Å². The van der Waals surface area contributed by atoms with Gasteiger partial charge in [0.1, 0.15) is 5.60 Å². The third-order valence-electron chi connectivity index (χ3n) is 3.78. The Morgan fingerprint density at radius 3 is 2.53 bits per heavy atom. The van der Waals surface area contributed by atoms with E-state index in [0.29, 0.717) is 24.4 Å². The molecular formula is C15H30N2O2. The lowest BCUT2D eigenvalue weighted by atomic mass is 9.84. The highest BCUT2D eigenvalue weighted by molar-refractivity contribution is 5.69. The molecule has 4 heteroatoms. The van der Waals surface area contributed by atoms with E-state index in [0.717, 1.165) is 25.8 Å². The molecule has 0 aromatic carbocycles. The van der Waals surface area contributed by atoms with Crippen molar-refractivity contribution in [3.63, 3.8) is 0 Å². The van der Waals surface area contributed by atoms with E-state index in [4.69, 9.17) is 10.5 Å². The number of rotatable bonds is 4. The predicted octanol–water partition coefficient (Wildman–Crippen LogP) is 3.01. The van der Waals surface area contributed by atoms with Gasteiger partial charge in [0.2, 0.25) is 0 Å². The van der Waals surface area contributed by atoms with E-state index in [1.165, 1.54) is 0 Å². The second-order valence-corrected chi connectivity index (χ2v) is 6.87. The van der Waals surface area contributed by atoms with Gasteiger partial charge in [0, 0.05) is 12.6 Å². The SMILES string of the molecule is CC(C)C(CCN)C1CCCN1C(=O)OC(C)(C)C. The van der Waals surface area contributed by atoms with Crippen LogP contribution in [0.25, 0.3) is 0 Å². The quantitative estimate of drug-likeness (QED) is 0.854. The Bertz CT molecular complexity index is 297. The first-order chi connectivity index (χ1) is 8.76. The molecule has 4 nitrogen and oxygen atoms in total. The van der Waals surface area contributed by atoms with Crippen molar-refractivity contribution in [2.24, 2.45) is 17.6 Å². The van der Waals surface area contributed by atoms with Crippen molar-refractivity contribution in [1.82, 2.24) is 4.90 Å². The van der Waals surface area contributed by atoms with Crippen molar-refractivity contribution in [1.29, 1.82) is 0 Å². The number of carbonyl (C=O) groups excluding carboxylic acids is 1. The number of hydrogen-bond acceptors (Lipinski definition) is 3. The minimum absolute atomic E-state index is 0.169. The van der Waals surface area contributed by atoms with Gasteiger partial charge in [-0.25, -0.2) is 4.79 Å². The van der Waals surface area contributed by atoms with Crippen molar-refractivity contribution in [3.05, 3.63) is 0 Å². The van der Waals surface area contributed by atoms with E-state index >= 15 is 0 Å². The number of nitrogens with zero attached hydrogens (tertiary/aromatic N) is 1. The lowest BCUT2D eigenvalue weighted by molar-refractivity contribution is 0.0148. The smallest absolute Gasteiger partial charge is 0.410 e. The predicted molar refractivity (Wildman–Crippen MR) is 78.0 cm³/mol. The van der Waals surface area contributed by atoms with E-state index in [1.54, 1.807) is 0 Å². The molecule has 0 bridgehead atoms. The number of hydrogen-bond donors (Lipinski definition) is 1. The number of carbonyl (C=O) groups is 1. The van der Waals surface area contributed by atoms with Crippen molar-refractivity contribution in [2.75, 3.05) is 13.1 Å². The van der Waals surface area contributed by atoms with Crippen LogP contribution >= 0.6 is 0 Å². The molecule has 1 aliphatic rings. The maximum atomic E-state index is 12.3. The summed E-state index contributed by atoms with van der Waals surface area (Å²) in [5, 5.41) is 0. The van der Waals surface area contributed by atoms with Crippen LogP contribution < -0.4 is 5.73 Å². The molecule has 1 saturated heterocycles. The van der Waals surface area contributed by atoms with Crippen LogP contribution in [-0.2, 0) is 4.74 Å². The summed E-state index contributed by atoms with van der Waals surface area (Å²) >= 11 is 0. The molecule has 1 heterocycles. The van der Waals surface area contributed by atoms with Gasteiger partial charge in [-0.15, -0.1) is 0 Å². The van der Waals surface area contributed by atoms with E-state index in [1.807, 2.05) is 25.7 Å². The monoisotopic (exact) mass is 270 g/mol. The fraction of sp³-hybridized carbons (Fsp3) is 0.933. The van der Waals surface area contributed by atoms with Crippen LogP contribution in [-0.4, -0.2) is 35.7 Å². The Kier molecular flexibility index (Phi) is 5.65. The minimum atomic E-state index is -0.425. The molecule has 2 unspecified atom stereocenters. The molecule has 1 rings (SSSR count). The fourth-order valence-corrected chi connectivity index (χ4v) is 2.95. The Balaban J connectivity index is 2.74. The summed E-state index contributed by atoms with van der Waals surface area (Å²) in [6.45, 7) is 11.7. The van der Waals surface area contributed by atoms with Crippen LogP contribution in [0.3, 0.4) is 0 Å². The Morgan fingerprint density at radius 1 is 1.42 bits per heavy atom. The third-order valence-corrected chi connectivity index (χ3v) is 3.78. The van der Waals surface area contributed by atoms with E-state index < -0.39 is 5.60 Å². The molecule has 1 fully saturated rings. The molecule has 112 valence electrons. The van der Waals surface area contributed by atoms with Gasteiger partial charge in [0.25, 0.3) is 0 Å². The molecule has 0 spiro atoms. The van der Waals surface area contributed by atoms with Crippen molar-refractivity contribution >= 4 is 6.09 Å². The first-order valence-corrected chi connectivity index (χ1v) is 7.46. The van der Waals surface area contributed by atoms with Crippen LogP contribution in [0, 0.1) is 11.8 Å². The summed E-state index contributed by atoms with van der Waals surface area (Å²) in [7, 11) is 0. The number of ether oxygens (including phenoxy) is 1. The van der Waals surface area contributed by atoms with Gasteiger partial charge in [0.05, 0.1) is 0 Å². The normalized spacial score (nSPS) is 21.8. The highest BCUT2D eigenvalue weighted by Crippen LogP contribution is 2.31. The topological polar surface area (TPSA) is 55.6 Å². The highest BCUT2D eigenvalue weighted by Gasteiger charge is 2.37. The zero-order chi connectivity index (χ0) is 14.6. The van der Waals surface area contributed by atoms with Crippen molar-refractivity contribution < 1.29 is 9.53 Å². The maximum Gasteiger partial charge on any atom is 0.410 e. The number of likely N-dealkylation sites (tertiary alicyclic amines) is 1. The van der Waals surface area contributed by atoms with Gasteiger partial charge in [-0.3, -0.25) is 0 Å². The minimum Gasteiger partial charge on any atom is -0.444 e. The van der Waals surface area contributed by atoms with Crippen LogP contribution in [0.2, 0.25) is 0 Å². The third kappa shape index (κ3) is 4.68. The Hall–Kier alpha value is -0.770. The highest BCUT2D eigenvalue weighted by atomic mass is 16.6. The number of amides is 1. The lowest BCUT2D eigenvalue weighted by Gasteiger charge is -2.35. The van der Waals surface area contributed by atoms with Crippen LogP contribution in [0.4, 0.5) is 4.79 Å². The molecule has 0 saturated carbocycles. The van der Waals surface area contributed by atoms with E-state index in [-0.39, 0.29) is 6.09 Å². The summed E-state index contributed by atoms with van der Waals surface area (Å²) in [5.41, 5.74) is 5.30. The Labute approximate surface area is 117 Å². The molecule has 0 aromatic heterocycles. The average molecular weight is 270 g/mol. The molecule has 0 radical (unpaired) electrons. The van der Waals surface area contributed by atoms with E-state index in [2.05, 4.69) is 13.8 Å². The molecule has 1 amide bonds. The van der Waals surface area contributed by atoms with Crippen molar-refractivity contribution in [3.8, 4) is 0 Å². The second-order valence-electron chi connectivity index (χ2n) is 6.87. The van der Waals surface area contributed by atoms with Crippen LogP contribution in [0.15, 0.2) is 0 Å². The van der Waals surface area contributed by atoms with E-state index in [9.17, 15) is 4.79 Å². The van der Waals surface area contributed by atoms with Crippen molar-refractivity contribution in [2.45, 2.75) is 65.5 Å². The standard InChI is InChI=1S/C15H30N2O2/c1-11(2)12(8-9-16)13-7-6-10-17(13)14(18)19-15(3,4)5/h11-13H,6-10,16H2,1-5H3. The van der Waals surface area contributed by atoms with Crippen LogP contribution in [0.5, 0.6) is 0 Å². The van der Waals surface area contributed by atoms with Gasteiger partial charge in [-0.05, 0) is 58.4 Å². The first-order valence-electron chi connectivity index (χ1n) is 7.46. The summed E-state index contributed by atoms with van der Waals surface area (Å²) in [6.07, 6.45) is 2.94. The molecule has 2 N–H and O–H groups in total. The summed E-state index contributed by atoms with van der Waals surface area (Å²) in [4.78, 5) is 14.2. The second kappa shape index (κ2) is 6.60. The zero-order valence-electron chi connectivity index (χ0n) is 13.1. The average Bonchev–Trinajstić information content (AvgIpc) is 2.71. The van der Waals surface area contributed by atoms with Gasteiger partial charge in [0.15, 0.2) is 0 Å².